The van der Waals surface area contributed by atoms with Crippen molar-refractivity contribution < 1.29 is 5.11 Å². The Morgan fingerprint density at radius 3 is 2.64 bits per heavy atom. The van der Waals surface area contributed by atoms with E-state index in [-0.39, 0.29) is 0 Å². The molecule has 1 atom stereocenters. The molecule has 0 heterocycles. The first-order chi connectivity index (χ1) is 6.73. The predicted octanol–water partition coefficient (Wildman–Crippen LogP) is 2.01. The molecule has 0 spiro atoms. The fourth-order valence-electron chi connectivity index (χ4n) is 1.67. The van der Waals surface area contributed by atoms with E-state index in [2.05, 4.69) is 6.92 Å². The summed E-state index contributed by atoms with van der Waals surface area (Å²) in [6.45, 7) is 2.64. The summed E-state index contributed by atoms with van der Waals surface area (Å²) in [5.41, 5.74) is 5.07. The number of rotatable bonds is 8. The summed E-state index contributed by atoms with van der Waals surface area (Å²) in [6.07, 6.45) is 6.18. The van der Waals surface area contributed by atoms with Crippen LogP contribution in [0.4, 0.5) is 0 Å². The second-order valence-electron chi connectivity index (χ2n) is 4.34. The molecular weight excluding hydrogens is 194 g/mol. The molecule has 0 saturated heterocycles. The van der Waals surface area contributed by atoms with E-state index in [4.69, 9.17) is 5.73 Å². The van der Waals surface area contributed by atoms with Gasteiger partial charge in [-0.2, -0.15) is 11.8 Å². The molecule has 3 heteroatoms. The summed E-state index contributed by atoms with van der Waals surface area (Å²) in [4.78, 5) is 0. The molecule has 1 aliphatic carbocycles. The quantitative estimate of drug-likeness (QED) is 0.611. The highest BCUT2D eigenvalue weighted by atomic mass is 32.2. The van der Waals surface area contributed by atoms with E-state index in [1.54, 1.807) is 0 Å². The molecule has 0 aromatic rings. The van der Waals surface area contributed by atoms with Crippen molar-refractivity contribution in [3.8, 4) is 0 Å². The second kappa shape index (κ2) is 5.99. The molecule has 84 valence electrons. The SMILES string of the molecule is CCCCCSCC(O)(CN)C1CC1. The number of hydrogen-bond acceptors (Lipinski definition) is 3. The number of thioether (sulfide) groups is 1. The van der Waals surface area contributed by atoms with Crippen LogP contribution in [0.15, 0.2) is 0 Å². The Balaban J connectivity index is 2.08. The maximum Gasteiger partial charge on any atom is 0.0887 e. The molecule has 0 aliphatic heterocycles. The normalized spacial score (nSPS) is 20.8. The third kappa shape index (κ3) is 3.79. The van der Waals surface area contributed by atoms with Crippen LogP contribution in [0.25, 0.3) is 0 Å². The van der Waals surface area contributed by atoms with Gasteiger partial charge >= 0.3 is 0 Å². The second-order valence-corrected chi connectivity index (χ2v) is 5.45. The van der Waals surface area contributed by atoms with Crippen LogP contribution in [0.3, 0.4) is 0 Å². The first-order valence-electron chi connectivity index (χ1n) is 5.73. The first kappa shape index (κ1) is 12.3. The van der Waals surface area contributed by atoms with Gasteiger partial charge in [0.2, 0.25) is 0 Å². The molecule has 1 unspecified atom stereocenters. The molecule has 0 bridgehead atoms. The molecule has 0 amide bonds. The largest absolute Gasteiger partial charge is 0.387 e. The number of aliphatic hydroxyl groups is 1. The highest BCUT2D eigenvalue weighted by Crippen LogP contribution is 2.40. The zero-order valence-electron chi connectivity index (χ0n) is 9.17. The van der Waals surface area contributed by atoms with Crippen molar-refractivity contribution in [1.82, 2.24) is 0 Å². The van der Waals surface area contributed by atoms with E-state index in [0.29, 0.717) is 12.5 Å². The number of nitrogens with two attached hydrogens (primary N) is 1. The summed E-state index contributed by atoms with van der Waals surface area (Å²) in [7, 11) is 0. The molecule has 1 aliphatic rings. The van der Waals surface area contributed by atoms with Gasteiger partial charge in [0, 0.05) is 12.3 Å². The van der Waals surface area contributed by atoms with E-state index in [1.165, 1.54) is 37.9 Å². The van der Waals surface area contributed by atoms with E-state index in [1.807, 2.05) is 11.8 Å². The van der Waals surface area contributed by atoms with Gasteiger partial charge in [-0.05, 0) is 30.9 Å². The molecule has 14 heavy (non-hydrogen) atoms. The molecule has 1 rings (SSSR count). The highest BCUT2D eigenvalue weighted by molar-refractivity contribution is 7.99. The maximum absolute atomic E-state index is 10.2. The van der Waals surface area contributed by atoms with Crippen LogP contribution in [0.1, 0.15) is 39.0 Å². The van der Waals surface area contributed by atoms with E-state index >= 15 is 0 Å². The minimum Gasteiger partial charge on any atom is -0.387 e. The van der Waals surface area contributed by atoms with Gasteiger partial charge < -0.3 is 10.8 Å². The Labute approximate surface area is 91.6 Å². The monoisotopic (exact) mass is 217 g/mol. The van der Waals surface area contributed by atoms with Gasteiger partial charge in [-0.15, -0.1) is 0 Å². The molecule has 2 nitrogen and oxygen atoms in total. The van der Waals surface area contributed by atoms with Gasteiger partial charge in [0.15, 0.2) is 0 Å². The van der Waals surface area contributed by atoms with Crippen LogP contribution in [0, 0.1) is 5.92 Å². The van der Waals surface area contributed by atoms with Crippen molar-refractivity contribution in [3.63, 3.8) is 0 Å². The van der Waals surface area contributed by atoms with Crippen molar-refractivity contribution in [3.05, 3.63) is 0 Å². The maximum atomic E-state index is 10.2. The third-order valence-electron chi connectivity index (χ3n) is 2.93. The van der Waals surface area contributed by atoms with Gasteiger partial charge in [0.25, 0.3) is 0 Å². The van der Waals surface area contributed by atoms with Crippen LogP contribution in [0.5, 0.6) is 0 Å². The Kier molecular flexibility index (Phi) is 5.28. The van der Waals surface area contributed by atoms with Gasteiger partial charge in [-0.25, -0.2) is 0 Å². The Morgan fingerprint density at radius 1 is 1.43 bits per heavy atom. The smallest absolute Gasteiger partial charge is 0.0887 e. The standard InChI is InChI=1S/C11H23NOS/c1-2-3-4-7-14-9-11(13,8-12)10-5-6-10/h10,13H,2-9,12H2,1H3. The van der Waals surface area contributed by atoms with Crippen molar-refractivity contribution in [1.29, 1.82) is 0 Å². The minimum atomic E-state index is -0.559. The average molecular weight is 217 g/mol. The molecule has 1 fully saturated rings. The Morgan fingerprint density at radius 2 is 2.14 bits per heavy atom. The lowest BCUT2D eigenvalue weighted by Crippen LogP contribution is -2.42. The first-order valence-corrected chi connectivity index (χ1v) is 6.88. The van der Waals surface area contributed by atoms with Crippen molar-refractivity contribution in [2.24, 2.45) is 11.7 Å². The van der Waals surface area contributed by atoms with E-state index < -0.39 is 5.60 Å². The molecular formula is C11H23NOS. The van der Waals surface area contributed by atoms with Crippen molar-refractivity contribution >= 4 is 11.8 Å². The summed E-state index contributed by atoms with van der Waals surface area (Å²) in [5, 5.41) is 10.2. The van der Waals surface area contributed by atoms with Crippen LogP contribution in [-0.4, -0.2) is 28.8 Å². The van der Waals surface area contributed by atoms with E-state index in [0.717, 1.165) is 5.75 Å². The lowest BCUT2D eigenvalue weighted by Gasteiger charge is -2.25. The average Bonchev–Trinajstić information content (AvgIpc) is 3.01. The Bertz CT molecular complexity index is 161. The fraction of sp³-hybridized carbons (Fsp3) is 1.00. The summed E-state index contributed by atoms with van der Waals surface area (Å²) >= 11 is 1.86. The summed E-state index contributed by atoms with van der Waals surface area (Å²) < 4.78 is 0. The third-order valence-corrected chi connectivity index (χ3v) is 4.22. The predicted molar refractivity (Wildman–Crippen MR) is 63.6 cm³/mol. The van der Waals surface area contributed by atoms with Gasteiger partial charge in [0.05, 0.1) is 5.60 Å². The zero-order chi connectivity index (χ0) is 10.4. The molecule has 0 aromatic heterocycles. The van der Waals surface area contributed by atoms with Gasteiger partial charge in [-0.1, -0.05) is 19.8 Å². The van der Waals surface area contributed by atoms with Crippen molar-refractivity contribution in [2.75, 3.05) is 18.1 Å². The van der Waals surface area contributed by atoms with Crippen LogP contribution in [-0.2, 0) is 0 Å². The van der Waals surface area contributed by atoms with Crippen LogP contribution < -0.4 is 5.73 Å². The van der Waals surface area contributed by atoms with E-state index in [9.17, 15) is 5.11 Å². The lowest BCUT2D eigenvalue weighted by atomic mass is 10.0. The lowest BCUT2D eigenvalue weighted by molar-refractivity contribution is 0.0510. The van der Waals surface area contributed by atoms with Crippen LogP contribution >= 0.6 is 11.8 Å². The molecule has 0 radical (unpaired) electrons. The molecule has 0 aromatic carbocycles. The Hall–Kier alpha value is 0.270. The number of unbranched alkanes of at least 4 members (excludes halogenated alkanes) is 2. The number of hydrogen-bond donors (Lipinski definition) is 2. The summed E-state index contributed by atoms with van der Waals surface area (Å²) in [5.74, 6) is 2.49. The fourth-order valence-corrected chi connectivity index (χ4v) is 2.93. The topological polar surface area (TPSA) is 46.2 Å². The zero-order valence-corrected chi connectivity index (χ0v) is 9.98. The summed E-state index contributed by atoms with van der Waals surface area (Å²) in [6, 6.07) is 0. The van der Waals surface area contributed by atoms with Gasteiger partial charge in [-0.3, -0.25) is 0 Å². The minimum absolute atomic E-state index is 0.429. The van der Waals surface area contributed by atoms with Crippen LogP contribution in [0.2, 0.25) is 0 Å². The van der Waals surface area contributed by atoms with Gasteiger partial charge in [0.1, 0.15) is 0 Å². The molecule has 3 N–H and O–H groups in total. The van der Waals surface area contributed by atoms with Crippen molar-refractivity contribution in [2.45, 2.75) is 44.6 Å². The highest BCUT2D eigenvalue weighted by Gasteiger charge is 2.42. The molecule has 1 saturated carbocycles.